The monoisotopic (exact) mass is 498 g/mol. The van der Waals surface area contributed by atoms with Crippen molar-refractivity contribution in [3.8, 4) is 11.5 Å². The van der Waals surface area contributed by atoms with E-state index in [0.29, 0.717) is 17.0 Å². The maximum absolute atomic E-state index is 14.2. The van der Waals surface area contributed by atoms with Gasteiger partial charge in [0.1, 0.15) is 11.5 Å². The molecule has 5 rings (SSSR count). The van der Waals surface area contributed by atoms with Gasteiger partial charge < -0.3 is 19.7 Å². The molecule has 2 amide bonds. The lowest BCUT2D eigenvalue weighted by atomic mass is 9.77. The molecular formula is C31H34N2O4. The largest absolute Gasteiger partial charge is 0.497 e. The number of aryl methyl sites for hydroxylation is 1. The molecule has 1 heterocycles. The SMILES string of the molecule is COc1ccc([C@@H]2[C@@H](C(=O)Nc3cc(C)ccc3OC)c3ccccc3C(=O)N2C2CCCCC2)cc1. The Morgan fingerprint density at radius 1 is 0.919 bits per heavy atom. The number of amides is 2. The lowest BCUT2D eigenvalue weighted by Gasteiger charge is -2.46. The van der Waals surface area contributed by atoms with Gasteiger partial charge in [-0.3, -0.25) is 9.59 Å². The molecule has 0 bridgehead atoms. The number of hydrogen-bond donors (Lipinski definition) is 1. The summed E-state index contributed by atoms with van der Waals surface area (Å²) >= 11 is 0. The Balaban J connectivity index is 1.64. The fourth-order valence-electron chi connectivity index (χ4n) is 5.88. The third-order valence-corrected chi connectivity index (χ3v) is 7.70. The van der Waals surface area contributed by atoms with Crippen molar-refractivity contribution in [2.45, 2.75) is 57.0 Å². The quantitative estimate of drug-likeness (QED) is 0.435. The Morgan fingerprint density at radius 2 is 1.65 bits per heavy atom. The first kappa shape index (κ1) is 24.9. The van der Waals surface area contributed by atoms with E-state index < -0.39 is 12.0 Å². The molecule has 37 heavy (non-hydrogen) atoms. The van der Waals surface area contributed by atoms with Crippen LogP contribution in [0.4, 0.5) is 5.69 Å². The molecule has 0 saturated heterocycles. The normalized spacial score (nSPS) is 19.8. The summed E-state index contributed by atoms with van der Waals surface area (Å²) in [6.07, 6.45) is 5.24. The molecule has 3 aromatic rings. The summed E-state index contributed by atoms with van der Waals surface area (Å²) in [6.45, 7) is 1.98. The van der Waals surface area contributed by atoms with Gasteiger partial charge in [0.2, 0.25) is 5.91 Å². The summed E-state index contributed by atoms with van der Waals surface area (Å²) in [5.74, 6) is 0.589. The number of nitrogens with one attached hydrogen (secondary N) is 1. The second kappa shape index (κ2) is 10.7. The van der Waals surface area contributed by atoms with Crippen LogP contribution in [0.3, 0.4) is 0 Å². The van der Waals surface area contributed by atoms with Gasteiger partial charge in [-0.1, -0.05) is 55.7 Å². The highest BCUT2D eigenvalue weighted by Gasteiger charge is 2.46. The average molecular weight is 499 g/mol. The standard InChI is InChI=1S/C31H34N2O4/c1-20-13-18-27(37-3)26(19-20)32-30(34)28-24-11-7-8-12-25(24)31(35)33(22-9-5-4-6-10-22)29(28)21-14-16-23(36-2)17-15-21/h7-8,11-19,22,28-29H,4-6,9-10H2,1-3H3,(H,32,34)/t28-,29+/m0/s1. The summed E-state index contributed by atoms with van der Waals surface area (Å²) < 4.78 is 10.9. The van der Waals surface area contributed by atoms with Gasteiger partial charge in [-0.25, -0.2) is 0 Å². The number of ether oxygens (including phenoxy) is 2. The maximum Gasteiger partial charge on any atom is 0.254 e. The Labute approximate surface area is 218 Å². The minimum Gasteiger partial charge on any atom is -0.497 e. The van der Waals surface area contributed by atoms with E-state index in [2.05, 4.69) is 5.32 Å². The van der Waals surface area contributed by atoms with E-state index in [4.69, 9.17) is 9.47 Å². The van der Waals surface area contributed by atoms with Gasteiger partial charge in [0.25, 0.3) is 5.91 Å². The summed E-state index contributed by atoms with van der Waals surface area (Å²) in [4.78, 5) is 30.3. The molecule has 0 radical (unpaired) electrons. The maximum atomic E-state index is 14.2. The van der Waals surface area contributed by atoms with E-state index in [-0.39, 0.29) is 17.9 Å². The minimum atomic E-state index is -0.588. The molecule has 1 N–H and O–H groups in total. The van der Waals surface area contributed by atoms with Gasteiger partial charge in [-0.2, -0.15) is 0 Å². The number of rotatable bonds is 6. The smallest absolute Gasteiger partial charge is 0.254 e. The van der Waals surface area contributed by atoms with Gasteiger partial charge in [0, 0.05) is 11.6 Å². The first-order chi connectivity index (χ1) is 18.0. The van der Waals surface area contributed by atoms with Gasteiger partial charge in [-0.05, 0) is 66.8 Å². The van der Waals surface area contributed by atoms with Crippen LogP contribution in [0.5, 0.6) is 11.5 Å². The molecule has 3 aromatic carbocycles. The highest BCUT2D eigenvalue weighted by Crippen LogP contribution is 2.46. The van der Waals surface area contributed by atoms with Crippen molar-refractivity contribution < 1.29 is 19.1 Å². The van der Waals surface area contributed by atoms with Crippen LogP contribution in [0.25, 0.3) is 0 Å². The molecule has 2 aliphatic rings. The molecule has 1 fully saturated rings. The van der Waals surface area contributed by atoms with Crippen LogP contribution in [0, 0.1) is 6.92 Å². The van der Waals surface area contributed by atoms with Gasteiger partial charge in [-0.15, -0.1) is 0 Å². The molecule has 6 nitrogen and oxygen atoms in total. The third kappa shape index (κ3) is 4.80. The van der Waals surface area contributed by atoms with Crippen molar-refractivity contribution in [2.24, 2.45) is 0 Å². The van der Waals surface area contributed by atoms with Gasteiger partial charge >= 0.3 is 0 Å². The van der Waals surface area contributed by atoms with Crippen molar-refractivity contribution in [3.05, 3.63) is 89.0 Å². The zero-order chi connectivity index (χ0) is 25.9. The number of fused-ring (bicyclic) bond motifs is 1. The first-order valence-corrected chi connectivity index (χ1v) is 13.0. The third-order valence-electron chi connectivity index (χ3n) is 7.70. The predicted octanol–water partition coefficient (Wildman–Crippen LogP) is 6.26. The van der Waals surface area contributed by atoms with Crippen molar-refractivity contribution in [2.75, 3.05) is 19.5 Å². The number of methoxy groups -OCH3 is 2. The molecule has 6 heteroatoms. The number of hydrogen-bond acceptors (Lipinski definition) is 4. The lowest BCUT2D eigenvalue weighted by molar-refractivity contribution is -0.119. The summed E-state index contributed by atoms with van der Waals surface area (Å²) in [5, 5.41) is 3.15. The van der Waals surface area contributed by atoms with Crippen LogP contribution >= 0.6 is 0 Å². The van der Waals surface area contributed by atoms with Crippen molar-refractivity contribution in [3.63, 3.8) is 0 Å². The van der Waals surface area contributed by atoms with Crippen molar-refractivity contribution >= 4 is 17.5 Å². The molecule has 2 atom stereocenters. The highest BCUT2D eigenvalue weighted by atomic mass is 16.5. The zero-order valence-electron chi connectivity index (χ0n) is 21.7. The fourth-order valence-corrected chi connectivity index (χ4v) is 5.88. The second-order valence-electron chi connectivity index (χ2n) is 9.98. The van der Waals surface area contributed by atoms with Crippen molar-refractivity contribution in [1.29, 1.82) is 0 Å². The zero-order valence-corrected chi connectivity index (χ0v) is 21.7. The molecule has 1 aliphatic carbocycles. The molecular weight excluding hydrogens is 464 g/mol. The van der Waals surface area contributed by atoms with Crippen LogP contribution in [0.1, 0.15) is 71.1 Å². The number of carbonyl (C=O) groups excluding carboxylic acids is 2. The minimum absolute atomic E-state index is 0.000467. The van der Waals surface area contributed by atoms with Crippen LogP contribution in [0.15, 0.2) is 66.7 Å². The van der Waals surface area contributed by atoms with Crippen LogP contribution in [-0.2, 0) is 4.79 Å². The Hall–Kier alpha value is -3.80. The van der Waals surface area contributed by atoms with Gasteiger partial charge in [0.15, 0.2) is 0 Å². The number of benzene rings is 3. The molecule has 0 aromatic heterocycles. The second-order valence-corrected chi connectivity index (χ2v) is 9.98. The van der Waals surface area contributed by atoms with E-state index in [9.17, 15) is 9.59 Å². The summed E-state index contributed by atoms with van der Waals surface area (Å²) in [5.41, 5.74) is 3.93. The number of nitrogens with zero attached hydrogens (tertiary/aromatic N) is 1. The van der Waals surface area contributed by atoms with E-state index >= 15 is 0 Å². The van der Waals surface area contributed by atoms with E-state index in [1.807, 2.05) is 78.6 Å². The lowest BCUT2D eigenvalue weighted by Crippen LogP contribution is -2.51. The molecule has 0 spiro atoms. The topological polar surface area (TPSA) is 67.9 Å². The molecule has 1 saturated carbocycles. The van der Waals surface area contributed by atoms with E-state index in [1.165, 1.54) is 6.42 Å². The average Bonchev–Trinajstić information content (AvgIpc) is 2.93. The van der Waals surface area contributed by atoms with E-state index in [1.54, 1.807) is 14.2 Å². The van der Waals surface area contributed by atoms with Crippen LogP contribution < -0.4 is 14.8 Å². The first-order valence-electron chi connectivity index (χ1n) is 13.0. The fraction of sp³-hybridized carbons (Fsp3) is 0.355. The summed E-state index contributed by atoms with van der Waals surface area (Å²) in [6, 6.07) is 20.7. The number of anilines is 1. The Morgan fingerprint density at radius 3 is 2.35 bits per heavy atom. The summed E-state index contributed by atoms with van der Waals surface area (Å²) in [7, 11) is 3.23. The number of carbonyl (C=O) groups is 2. The van der Waals surface area contributed by atoms with E-state index in [0.717, 1.165) is 48.1 Å². The molecule has 192 valence electrons. The van der Waals surface area contributed by atoms with Crippen LogP contribution in [0.2, 0.25) is 0 Å². The Kier molecular flexibility index (Phi) is 7.17. The molecule has 1 aliphatic heterocycles. The highest BCUT2D eigenvalue weighted by molar-refractivity contribution is 6.05. The molecule has 0 unspecified atom stereocenters. The Bertz CT molecular complexity index is 1280. The van der Waals surface area contributed by atoms with Crippen molar-refractivity contribution in [1.82, 2.24) is 4.90 Å². The predicted molar refractivity (Wildman–Crippen MR) is 144 cm³/mol. The van der Waals surface area contributed by atoms with Gasteiger partial charge in [0.05, 0.1) is 31.9 Å². The van der Waals surface area contributed by atoms with Crippen LogP contribution in [-0.4, -0.2) is 37.0 Å².